The van der Waals surface area contributed by atoms with Crippen LogP contribution >= 0.6 is 0 Å². The van der Waals surface area contributed by atoms with E-state index in [9.17, 15) is 4.79 Å². The monoisotopic (exact) mass is 187 g/mol. The van der Waals surface area contributed by atoms with Crippen molar-refractivity contribution >= 4 is 5.97 Å². The smallest absolute Gasteiger partial charge is 0.320 e. The minimum absolute atomic E-state index is 0.163. The van der Waals surface area contributed by atoms with Crippen LogP contribution in [0.3, 0.4) is 0 Å². The molecule has 2 N–H and O–H groups in total. The van der Waals surface area contributed by atoms with Crippen LogP contribution in [0.15, 0.2) is 0 Å². The molecule has 76 valence electrons. The van der Waals surface area contributed by atoms with Gasteiger partial charge in [-0.05, 0) is 26.7 Å². The summed E-state index contributed by atoms with van der Waals surface area (Å²) in [6.45, 7) is 5.06. The van der Waals surface area contributed by atoms with E-state index in [1.165, 1.54) is 0 Å². The maximum Gasteiger partial charge on any atom is 0.320 e. The van der Waals surface area contributed by atoms with Gasteiger partial charge in [-0.25, -0.2) is 0 Å². The van der Waals surface area contributed by atoms with Crippen molar-refractivity contribution in [3.8, 4) is 0 Å². The maximum absolute atomic E-state index is 10.5. The zero-order valence-corrected chi connectivity index (χ0v) is 8.17. The van der Waals surface area contributed by atoms with E-state index in [0.29, 0.717) is 6.54 Å². The van der Waals surface area contributed by atoms with Crippen LogP contribution in [0.25, 0.3) is 0 Å². The molecule has 0 aromatic rings. The van der Waals surface area contributed by atoms with Crippen LogP contribution in [0.4, 0.5) is 0 Å². The van der Waals surface area contributed by atoms with Crippen LogP contribution in [0.5, 0.6) is 0 Å². The molecule has 0 spiro atoms. The van der Waals surface area contributed by atoms with Crippen molar-refractivity contribution in [3.63, 3.8) is 0 Å². The number of carboxylic acid groups (broad SMARTS) is 1. The first-order valence-electron chi connectivity index (χ1n) is 4.64. The molecule has 1 saturated heterocycles. The first-order valence-corrected chi connectivity index (χ1v) is 4.64. The summed E-state index contributed by atoms with van der Waals surface area (Å²) < 4.78 is 5.52. The molecule has 1 aliphatic rings. The van der Waals surface area contributed by atoms with E-state index >= 15 is 0 Å². The Morgan fingerprint density at radius 3 is 2.92 bits per heavy atom. The molecule has 0 saturated carbocycles. The van der Waals surface area contributed by atoms with Crippen molar-refractivity contribution in [2.45, 2.75) is 38.3 Å². The van der Waals surface area contributed by atoms with Crippen LogP contribution < -0.4 is 5.32 Å². The fourth-order valence-corrected chi connectivity index (χ4v) is 1.43. The lowest BCUT2D eigenvalue weighted by molar-refractivity contribution is -0.139. The molecule has 0 amide bonds. The van der Waals surface area contributed by atoms with Gasteiger partial charge >= 0.3 is 5.97 Å². The van der Waals surface area contributed by atoms with E-state index in [4.69, 9.17) is 9.84 Å². The number of hydrogen-bond acceptors (Lipinski definition) is 3. The number of ether oxygens (including phenoxy) is 1. The summed E-state index contributed by atoms with van der Waals surface area (Å²) in [6, 6.07) is -0.499. The lowest BCUT2D eigenvalue weighted by atomic mass is 10.0. The number of aliphatic carboxylic acids is 1. The largest absolute Gasteiger partial charge is 0.480 e. The Morgan fingerprint density at radius 1 is 1.77 bits per heavy atom. The minimum Gasteiger partial charge on any atom is -0.480 e. The van der Waals surface area contributed by atoms with Gasteiger partial charge in [-0.1, -0.05) is 0 Å². The summed E-state index contributed by atoms with van der Waals surface area (Å²) >= 11 is 0. The Balaban J connectivity index is 2.28. The molecule has 1 rings (SSSR count). The predicted molar refractivity (Wildman–Crippen MR) is 48.7 cm³/mol. The fraction of sp³-hybridized carbons (Fsp3) is 0.889. The van der Waals surface area contributed by atoms with E-state index < -0.39 is 12.0 Å². The molecule has 0 aromatic heterocycles. The normalized spacial score (nSPS) is 30.3. The third-order valence-corrected chi connectivity index (χ3v) is 2.45. The van der Waals surface area contributed by atoms with Crippen molar-refractivity contribution in [3.05, 3.63) is 0 Å². The average molecular weight is 187 g/mol. The molecule has 4 heteroatoms. The topological polar surface area (TPSA) is 58.6 Å². The summed E-state index contributed by atoms with van der Waals surface area (Å²) in [6.07, 6.45) is 2.08. The molecule has 0 aliphatic carbocycles. The first kappa shape index (κ1) is 10.5. The molecule has 4 nitrogen and oxygen atoms in total. The second-order valence-electron chi connectivity index (χ2n) is 3.84. The Kier molecular flexibility index (Phi) is 3.27. The molecule has 2 atom stereocenters. The highest BCUT2D eigenvalue weighted by Gasteiger charge is 2.30. The summed E-state index contributed by atoms with van der Waals surface area (Å²) in [5.41, 5.74) is -0.163. The molecule has 1 fully saturated rings. The predicted octanol–water partition coefficient (Wildman–Crippen LogP) is 0.618. The zero-order valence-electron chi connectivity index (χ0n) is 8.17. The minimum atomic E-state index is -0.818. The van der Waals surface area contributed by atoms with Gasteiger partial charge in [0.1, 0.15) is 6.04 Å². The summed E-state index contributed by atoms with van der Waals surface area (Å²) in [5, 5.41) is 11.6. The summed E-state index contributed by atoms with van der Waals surface area (Å²) in [5.74, 6) is -0.818. The number of carboxylic acids is 1. The zero-order chi connectivity index (χ0) is 9.90. The van der Waals surface area contributed by atoms with E-state index in [1.807, 2.05) is 6.92 Å². The van der Waals surface area contributed by atoms with Crippen LogP contribution in [-0.4, -0.2) is 35.9 Å². The highest BCUT2D eigenvalue weighted by atomic mass is 16.5. The molecule has 1 aliphatic heterocycles. The van der Waals surface area contributed by atoms with Crippen molar-refractivity contribution in [2.75, 3.05) is 13.2 Å². The van der Waals surface area contributed by atoms with E-state index in [1.54, 1.807) is 6.92 Å². The molecular weight excluding hydrogens is 170 g/mol. The van der Waals surface area contributed by atoms with E-state index in [0.717, 1.165) is 19.4 Å². The molecule has 2 unspecified atom stereocenters. The van der Waals surface area contributed by atoms with Crippen molar-refractivity contribution in [2.24, 2.45) is 0 Å². The van der Waals surface area contributed by atoms with Crippen molar-refractivity contribution in [1.29, 1.82) is 0 Å². The van der Waals surface area contributed by atoms with Crippen LogP contribution in [0, 0.1) is 0 Å². The highest BCUT2D eigenvalue weighted by molar-refractivity contribution is 5.72. The van der Waals surface area contributed by atoms with Gasteiger partial charge in [0.15, 0.2) is 0 Å². The lowest BCUT2D eigenvalue weighted by Gasteiger charge is -2.24. The third kappa shape index (κ3) is 2.97. The SMILES string of the molecule is CC(NCC1(C)CCCO1)C(=O)O. The Morgan fingerprint density at radius 2 is 2.46 bits per heavy atom. The van der Waals surface area contributed by atoms with E-state index in [-0.39, 0.29) is 5.60 Å². The fourth-order valence-electron chi connectivity index (χ4n) is 1.43. The number of carbonyl (C=O) groups is 1. The van der Waals surface area contributed by atoms with Crippen LogP contribution in [0.2, 0.25) is 0 Å². The van der Waals surface area contributed by atoms with Crippen LogP contribution in [-0.2, 0) is 9.53 Å². The van der Waals surface area contributed by atoms with Crippen molar-refractivity contribution < 1.29 is 14.6 Å². The Labute approximate surface area is 78.3 Å². The number of nitrogens with one attached hydrogen (secondary N) is 1. The van der Waals surface area contributed by atoms with Gasteiger partial charge in [0.25, 0.3) is 0 Å². The van der Waals surface area contributed by atoms with Gasteiger partial charge in [0.05, 0.1) is 5.60 Å². The molecule has 0 aromatic carbocycles. The standard InChI is InChI=1S/C9H17NO3/c1-7(8(11)12)10-6-9(2)4-3-5-13-9/h7,10H,3-6H2,1-2H3,(H,11,12). The quantitative estimate of drug-likeness (QED) is 0.677. The number of hydrogen-bond donors (Lipinski definition) is 2. The lowest BCUT2D eigenvalue weighted by Crippen LogP contribution is -2.44. The second-order valence-corrected chi connectivity index (χ2v) is 3.84. The van der Waals surface area contributed by atoms with Gasteiger partial charge in [-0.15, -0.1) is 0 Å². The third-order valence-electron chi connectivity index (χ3n) is 2.45. The van der Waals surface area contributed by atoms with Crippen molar-refractivity contribution in [1.82, 2.24) is 5.32 Å². The van der Waals surface area contributed by atoms with Gasteiger partial charge in [0, 0.05) is 13.2 Å². The maximum atomic E-state index is 10.5. The van der Waals surface area contributed by atoms with Gasteiger partial charge in [-0.2, -0.15) is 0 Å². The van der Waals surface area contributed by atoms with Gasteiger partial charge < -0.3 is 15.2 Å². The van der Waals surface area contributed by atoms with Crippen LogP contribution in [0.1, 0.15) is 26.7 Å². The average Bonchev–Trinajstić information content (AvgIpc) is 2.48. The Hall–Kier alpha value is -0.610. The first-order chi connectivity index (χ1) is 6.03. The van der Waals surface area contributed by atoms with Gasteiger partial charge in [-0.3, -0.25) is 4.79 Å². The molecule has 0 bridgehead atoms. The molecular formula is C9H17NO3. The van der Waals surface area contributed by atoms with Gasteiger partial charge in [0.2, 0.25) is 0 Å². The van der Waals surface area contributed by atoms with E-state index in [2.05, 4.69) is 5.32 Å². The highest BCUT2D eigenvalue weighted by Crippen LogP contribution is 2.23. The molecule has 1 heterocycles. The number of rotatable bonds is 4. The Bertz CT molecular complexity index is 187. The second kappa shape index (κ2) is 4.07. The summed E-state index contributed by atoms with van der Waals surface area (Å²) in [4.78, 5) is 10.5. The summed E-state index contributed by atoms with van der Waals surface area (Å²) in [7, 11) is 0. The molecule has 13 heavy (non-hydrogen) atoms. The molecule has 0 radical (unpaired) electrons.